The van der Waals surface area contributed by atoms with Crippen LogP contribution in [0.5, 0.6) is 0 Å². The first-order chi connectivity index (χ1) is 17.4. The maximum absolute atomic E-state index is 14.5. The molecule has 0 bridgehead atoms. The average Bonchev–Trinajstić information content (AvgIpc) is 3.17. The average molecular weight is 493 g/mol. The molecule has 4 N–H and O–H groups in total. The summed E-state index contributed by atoms with van der Waals surface area (Å²) in [4.78, 5) is 34.9. The lowest BCUT2D eigenvalue weighted by molar-refractivity contribution is -0.118. The van der Waals surface area contributed by atoms with Crippen molar-refractivity contribution in [2.75, 3.05) is 29.9 Å². The normalized spacial score (nSPS) is 17.6. The molecule has 0 radical (unpaired) electrons. The molecule has 2 aromatic heterocycles. The largest absolute Gasteiger partial charge is 0.377 e. The lowest BCUT2D eigenvalue weighted by atomic mass is 10.1. The minimum Gasteiger partial charge on any atom is -0.377 e. The standard InChI is InChI=1S/C26H26F2N6O2/c27-20-4-5-21(28)25-18(20)3-6-22(25)33-23-12-16(32-14-19(23)26(29)36)11-15-1-2-17(13-31-15)34-10-9-30-8-7-24(34)35/h1-2,4-5,12-14,22,30H,3,6-11H2,(H2,29,36)(H,32,33). The summed E-state index contributed by atoms with van der Waals surface area (Å²) >= 11 is 0. The predicted octanol–water partition coefficient (Wildman–Crippen LogP) is 2.87. The minimum atomic E-state index is -0.673. The number of rotatable bonds is 6. The number of primary amides is 1. The van der Waals surface area contributed by atoms with E-state index in [2.05, 4.69) is 20.6 Å². The number of hydrogen-bond acceptors (Lipinski definition) is 6. The van der Waals surface area contributed by atoms with E-state index in [-0.39, 0.29) is 17.0 Å². The van der Waals surface area contributed by atoms with E-state index in [4.69, 9.17) is 5.73 Å². The Bertz CT molecular complexity index is 1310. The van der Waals surface area contributed by atoms with E-state index in [1.807, 2.05) is 12.1 Å². The molecule has 2 aliphatic rings. The van der Waals surface area contributed by atoms with Crippen LogP contribution in [0.2, 0.25) is 0 Å². The number of amides is 2. The van der Waals surface area contributed by atoms with Gasteiger partial charge in [0, 0.05) is 55.6 Å². The molecule has 0 spiro atoms. The Labute approximate surface area is 206 Å². The highest BCUT2D eigenvalue weighted by Crippen LogP contribution is 2.37. The first kappa shape index (κ1) is 23.8. The summed E-state index contributed by atoms with van der Waals surface area (Å²) in [7, 11) is 0. The van der Waals surface area contributed by atoms with Gasteiger partial charge in [-0.25, -0.2) is 8.78 Å². The Hall–Kier alpha value is -3.92. The third kappa shape index (κ3) is 4.76. The summed E-state index contributed by atoms with van der Waals surface area (Å²) in [5, 5.41) is 6.39. The highest BCUT2D eigenvalue weighted by atomic mass is 19.1. The Balaban J connectivity index is 1.37. The fourth-order valence-electron chi connectivity index (χ4n) is 4.83. The van der Waals surface area contributed by atoms with E-state index in [9.17, 15) is 18.4 Å². The van der Waals surface area contributed by atoms with Crippen molar-refractivity contribution >= 4 is 23.2 Å². The van der Waals surface area contributed by atoms with Crippen LogP contribution in [0.4, 0.5) is 20.2 Å². The van der Waals surface area contributed by atoms with Crippen molar-refractivity contribution in [2.45, 2.75) is 31.7 Å². The number of hydrogen-bond donors (Lipinski definition) is 3. The molecule has 1 aliphatic heterocycles. The van der Waals surface area contributed by atoms with Gasteiger partial charge in [0.15, 0.2) is 0 Å². The molecule has 5 rings (SSSR count). The summed E-state index contributed by atoms with van der Waals surface area (Å²) in [6.07, 6.45) is 4.74. The molecule has 3 heterocycles. The summed E-state index contributed by atoms with van der Waals surface area (Å²) in [6.45, 7) is 1.97. The van der Waals surface area contributed by atoms with Gasteiger partial charge in [-0.3, -0.25) is 19.6 Å². The maximum Gasteiger partial charge on any atom is 0.252 e. The van der Waals surface area contributed by atoms with Gasteiger partial charge in [0.2, 0.25) is 5.91 Å². The van der Waals surface area contributed by atoms with Gasteiger partial charge >= 0.3 is 0 Å². The highest BCUT2D eigenvalue weighted by molar-refractivity contribution is 5.98. The molecule has 0 saturated carbocycles. The monoisotopic (exact) mass is 492 g/mol. The van der Waals surface area contributed by atoms with E-state index in [1.54, 1.807) is 17.2 Å². The van der Waals surface area contributed by atoms with Crippen LogP contribution in [0.1, 0.15) is 51.8 Å². The fourth-order valence-corrected chi connectivity index (χ4v) is 4.83. The molecular formula is C26H26F2N6O2. The van der Waals surface area contributed by atoms with E-state index in [1.165, 1.54) is 6.20 Å². The fraction of sp³-hybridized carbons (Fsp3) is 0.308. The second-order valence-electron chi connectivity index (χ2n) is 8.97. The lowest BCUT2D eigenvalue weighted by Gasteiger charge is -2.20. The van der Waals surface area contributed by atoms with E-state index >= 15 is 0 Å². The SMILES string of the molecule is NC(=O)c1cnc(Cc2ccc(N3CCNCCC3=O)cn2)cc1NC1CCc2c(F)ccc(F)c21. The summed E-state index contributed by atoms with van der Waals surface area (Å²) < 4.78 is 28.7. The number of halogens is 2. The smallest absolute Gasteiger partial charge is 0.252 e. The van der Waals surface area contributed by atoms with E-state index in [0.29, 0.717) is 55.7 Å². The van der Waals surface area contributed by atoms with Crippen molar-refractivity contribution in [3.8, 4) is 0 Å². The van der Waals surface area contributed by atoms with Crippen molar-refractivity contribution in [1.82, 2.24) is 15.3 Å². The zero-order chi connectivity index (χ0) is 25.2. The molecule has 1 aromatic carbocycles. The molecular weight excluding hydrogens is 466 g/mol. The lowest BCUT2D eigenvalue weighted by Crippen LogP contribution is -2.32. The zero-order valence-electron chi connectivity index (χ0n) is 19.6. The minimum absolute atomic E-state index is 0.0544. The summed E-state index contributed by atoms with van der Waals surface area (Å²) in [6, 6.07) is 7.13. The van der Waals surface area contributed by atoms with Gasteiger partial charge < -0.3 is 21.3 Å². The zero-order valence-corrected chi connectivity index (χ0v) is 19.6. The van der Waals surface area contributed by atoms with Crippen molar-refractivity contribution in [3.63, 3.8) is 0 Å². The second-order valence-corrected chi connectivity index (χ2v) is 8.97. The molecule has 1 atom stereocenters. The molecule has 2 amide bonds. The third-order valence-corrected chi connectivity index (χ3v) is 6.65. The molecule has 3 aromatic rings. The quantitative estimate of drug-likeness (QED) is 0.488. The van der Waals surface area contributed by atoms with Gasteiger partial charge in [-0.05, 0) is 48.7 Å². The van der Waals surface area contributed by atoms with Crippen molar-refractivity contribution in [1.29, 1.82) is 0 Å². The number of anilines is 2. The Morgan fingerprint density at radius 2 is 1.89 bits per heavy atom. The molecule has 186 valence electrons. The number of carbonyl (C=O) groups is 2. The molecule has 10 heteroatoms. The first-order valence-electron chi connectivity index (χ1n) is 11.9. The Morgan fingerprint density at radius 1 is 1.08 bits per heavy atom. The van der Waals surface area contributed by atoms with Crippen LogP contribution in [-0.4, -0.2) is 41.4 Å². The third-order valence-electron chi connectivity index (χ3n) is 6.65. The van der Waals surface area contributed by atoms with Crippen LogP contribution >= 0.6 is 0 Å². The number of benzene rings is 1. The van der Waals surface area contributed by atoms with Crippen LogP contribution in [0.3, 0.4) is 0 Å². The molecule has 1 unspecified atom stereocenters. The van der Waals surface area contributed by atoms with Crippen LogP contribution in [-0.2, 0) is 17.6 Å². The van der Waals surface area contributed by atoms with Crippen LogP contribution in [0, 0.1) is 11.6 Å². The Kier molecular flexibility index (Phi) is 6.60. The first-order valence-corrected chi connectivity index (χ1v) is 11.9. The number of nitrogens with two attached hydrogens (primary N) is 1. The van der Waals surface area contributed by atoms with Crippen molar-refractivity contribution in [2.24, 2.45) is 5.73 Å². The maximum atomic E-state index is 14.5. The highest BCUT2D eigenvalue weighted by Gasteiger charge is 2.29. The van der Waals surface area contributed by atoms with Crippen LogP contribution < -0.4 is 21.3 Å². The molecule has 1 saturated heterocycles. The number of aromatic nitrogens is 2. The van der Waals surface area contributed by atoms with Crippen LogP contribution in [0.15, 0.2) is 42.7 Å². The predicted molar refractivity (Wildman–Crippen MR) is 131 cm³/mol. The van der Waals surface area contributed by atoms with Gasteiger partial charge in [-0.15, -0.1) is 0 Å². The van der Waals surface area contributed by atoms with E-state index in [0.717, 1.165) is 30.1 Å². The van der Waals surface area contributed by atoms with Crippen molar-refractivity contribution < 1.29 is 18.4 Å². The van der Waals surface area contributed by atoms with Gasteiger partial charge in [-0.2, -0.15) is 0 Å². The number of pyridine rings is 2. The number of carbonyl (C=O) groups excluding carboxylic acids is 2. The van der Waals surface area contributed by atoms with Crippen molar-refractivity contribution in [3.05, 3.63) is 82.4 Å². The molecule has 8 nitrogen and oxygen atoms in total. The number of fused-ring (bicyclic) bond motifs is 1. The van der Waals surface area contributed by atoms with E-state index < -0.39 is 23.6 Å². The molecule has 36 heavy (non-hydrogen) atoms. The summed E-state index contributed by atoms with van der Waals surface area (Å²) in [5.74, 6) is -1.54. The molecule has 1 fully saturated rings. The molecule has 1 aliphatic carbocycles. The Morgan fingerprint density at radius 3 is 2.67 bits per heavy atom. The topological polar surface area (TPSA) is 113 Å². The van der Waals surface area contributed by atoms with Gasteiger partial charge in [0.05, 0.1) is 29.2 Å². The number of nitrogens with zero attached hydrogens (tertiary/aromatic N) is 3. The van der Waals surface area contributed by atoms with Gasteiger partial charge in [0.25, 0.3) is 5.91 Å². The van der Waals surface area contributed by atoms with Crippen LogP contribution in [0.25, 0.3) is 0 Å². The van der Waals surface area contributed by atoms with Gasteiger partial charge in [0.1, 0.15) is 11.6 Å². The second kappa shape index (κ2) is 9.98. The van der Waals surface area contributed by atoms with Gasteiger partial charge in [-0.1, -0.05) is 0 Å². The number of nitrogens with one attached hydrogen (secondary N) is 2. The summed E-state index contributed by atoms with van der Waals surface area (Å²) in [5.41, 5.74) is 8.84.